The van der Waals surface area contributed by atoms with Crippen LogP contribution in [0, 0.1) is 0 Å². The maximum atomic E-state index is 11.7. The Morgan fingerprint density at radius 2 is 2.21 bits per heavy atom. The molecule has 0 unspecified atom stereocenters. The summed E-state index contributed by atoms with van der Waals surface area (Å²) in [5, 5.41) is 15.0. The molecule has 1 aromatic heterocycles. The number of tetrazole rings is 1. The molecule has 100 valence electrons. The van der Waals surface area contributed by atoms with E-state index in [1.807, 2.05) is 0 Å². The van der Waals surface area contributed by atoms with Gasteiger partial charge in [0.15, 0.2) is 0 Å². The van der Waals surface area contributed by atoms with Crippen LogP contribution in [0.4, 0.5) is 5.69 Å². The van der Waals surface area contributed by atoms with Crippen molar-refractivity contribution in [1.29, 1.82) is 0 Å². The van der Waals surface area contributed by atoms with Crippen molar-refractivity contribution >= 4 is 46.6 Å². The van der Waals surface area contributed by atoms with Gasteiger partial charge in [-0.15, -0.1) is 5.10 Å². The van der Waals surface area contributed by atoms with Crippen LogP contribution in [0.25, 0.3) is 0 Å². The van der Waals surface area contributed by atoms with Crippen molar-refractivity contribution in [3.05, 3.63) is 28.2 Å². The fraction of sp³-hybridized carbons (Fsp3) is 0.200. The van der Waals surface area contributed by atoms with E-state index in [-0.39, 0.29) is 11.7 Å². The highest BCUT2D eigenvalue weighted by Crippen LogP contribution is 2.25. The molecule has 2 aromatic rings. The molecule has 0 aliphatic rings. The van der Waals surface area contributed by atoms with Crippen LogP contribution >= 0.6 is 35.0 Å². The van der Waals surface area contributed by atoms with Crippen LogP contribution in [0.3, 0.4) is 0 Å². The highest BCUT2D eigenvalue weighted by Gasteiger charge is 2.08. The van der Waals surface area contributed by atoms with Gasteiger partial charge in [-0.2, -0.15) is 0 Å². The molecule has 1 heterocycles. The Labute approximate surface area is 123 Å². The fourth-order valence-corrected chi connectivity index (χ4v) is 2.19. The molecular weight excluding hydrogens is 309 g/mol. The van der Waals surface area contributed by atoms with Crippen molar-refractivity contribution in [2.75, 3.05) is 11.1 Å². The van der Waals surface area contributed by atoms with Gasteiger partial charge >= 0.3 is 0 Å². The first kappa shape index (κ1) is 14.1. The van der Waals surface area contributed by atoms with Crippen molar-refractivity contribution in [1.82, 2.24) is 20.2 Å². The number of thioether (sulfide) groups is 1. The summed E-state index contributed by atoms with van der Waals surface area (Å²) in [6, 6.07) is 4.90. The van der Waals surface area contributed by atoms with Crippen molar-refractivity contribution in [2.45, 2.75) is 5.16 Å². The zero-order chi connectivity index (χ0) is 13.8. The zero-order valence-electron chi connectivity index (χ0n) is 9.80. The summed E-state index contributed by atoms with van der Waals surface area (Å²) in [4.78, 5) is 11.7. The van der Waals surface area contributed by atoms with Gasteiger partial charge in [-0.05, 0) is 28.6 Å². The lowest BCUT2D eigenvalue weighted by Crippen LogP contribution is -2.14. The van der Waals surface area contributed by atoms with Gasteiger partial charge < -0.3 is 5.32 Å². The van der Waals surface area contributed by atoms with Gasteiger partial charge in [-0.3, -0.25) is 4.79 Å². The van der Waals surface area contributed by atoms with Crippen LogP contribution in [-0.2, 0) is 11.8 Å². The van der Waals surface area contributed by atoms with Gasteiger partial charge in [-0.25, -0.2) is 4.68 Å². The summed E-state index contributed by atoms with van der Waals surface area (Å²) in [5.74, 6) is 0.0282. The predicted molar refractivity (Wildman–Crippen MR) is 74.6 cm³/mol. The Kier molecular flexibility index (Phi) is 4.62. The largest absolute Gasteiger partial charge is 0.325 e. The predicted octanol–water partition coefficient (Wildman–Crippen LogP) is 2.25. The molecule has 2 rings (SSSR count). The zero-order valence-corrected chi connectivity index (χ0v) is 12.1. The number of carbonyl (C=O) groups excluding carboxylic acids is 1. The monoisotopic (exact) mass is 317 g/mol. The maximum Gasteiger partial charge on any atom is 0.234 e. The first-order valence-electron chi connectivity index (χ1n) is 5.16. The molecule has 0 atom stereocenters. The van der Waals surface area contributed by atoms with Gasteiger partial charge in [0.2, 0.25) is 11.1 Å². The SMILES string of the molecule is Cn1nnnc1SCC(=O)Nc1ccc(Cl)c(Cl)c1. The average Bonchev–Trinajstić information content (AvgIpc) is 2.77. The van der Waals surface area contributed by atoms with Crippen molar-refractivity contribution in [3.8, 4) is 0 Å². The third-order valence-corrected chi connectivity index (χ3v) is 3.87. The molecule has 9 heteroatoms. The van der Waals surface area contributed by atoms with Crippen LogP contribution in [-0.4, -0.2) is 31.9 Å². The molecule has 0 saturated heterocycles. The molecule has 0 aliphatic carbocycles. The second-order valence-electron chi connectivity index (χ2n) is 3.55. The summed E-state index contributed by atoms with van der Waals surface area (Å²) >= 11 is 12.9. The molecule has 0 bridgehead atoms. The Hall–Kier alpha value is -1.31. The van der Waals surface area contributed by atoms with E-state index in [1.165, 1.54) is 16.4 Å². The summed E-state index contributed by atoms with van der Waals surface area (Å²) in [6.07, 6.45) is 0. The topological polar surface area (TPSA) is 72.7 Å². The fourth-order valence-electron chi connectivity index (χ4n) is 1.24. The number of benzene rings is 1. The molecule has 0 radical (unpaired) electrons. The van der Waals surface area contributed by atoms with Crippen LogP contribution in [0.15, 0.2) is 23.4 Å². The standard InChI is InChI=1S/C10H9Cl2N5OS/c1-17-10(14-15-16-17)19-5-9(18)13-6-2-3-7(11)8(12)4-6/h2-4H,5H2,1H3,(H,13,18). The number of aromatic nitrogens is 4. The van der Waals surface area contributed by atoms with E-state index in [2.05, 4.69) is 20.8 Å². The maximum absolute atomic E-state index is 11.7. The van der Waals surface area contributed by atoms with Gasteiger partial charge in [0.05, 0.1) is 15.8 Å². The van der Waals surface area contributed by atoms with Crippen LogP contribution in [0.2, 0.25) is 10.0 Å². The number of anilines is 1. The van der Waals surface area contributed by atoms with E-state index < -0.39 is 0 Å². The van der Waals surface area contributed by atoms with E-state index in [1.54, 1.807) is 25.2 Å². The number of aryl methyl sites for hydroxylation is 1. The summed E-state index contributed by atoms with van der Waals surface area (Å²) in [5.41, 5.74) is 0.594. The molecule has 0 aliphatic heterocycles. The van der Waals surface area contributed by atoms with Crippen molar-refractivity contribution in [3.63, 3.8) is 0 Å². The number of hydrogen-bond acceptors (Lipinski definition) is 5. The van der Waals surface area contributed by atoms with Gasteiger partial charge in [0.25, 0.3) is 0 Å². The number of nitrogens with zero attached hydrogens (tertiary/aromatic N) is 4. The molecule has 19 heavy (non-hydrogen) atoms. The molecule has 1 N–H and O–H groups in total. The first-order valence-corrected chi connectivity index (χ1v) is 6.90. The van der Waals surface area contributed by atoms with E-state index in [4.69, 9.17) is 23.2 Å². The van der Waals surface area contributed by atoms with Crippen LogP contribution in [0.1, 0.15) is 0 Å². The minimum atomic E-state index is -0.175. The highest BCUT2D eigenvalue weighted by molar-refractivity contribution is 7.99. The minimum Gasteiger partial charge on any atom is -0.325 e. The number of hydrogen-bond donors (Lipinski definition) is 1. The normalized spacial score (nSPS) is 10.5. The molecule has 0 fully saturated rings. The quantitative estimate of drug-likeness (QED) is 0.875. The Bertz CT molecular complexity index is 603. The molecule has 1 aromatic carbocycles. The Balaban J connectivity index is 1.91. The second kappa shape index (κ2) is 6.23. The van der Waals surface area contributed by atoms with E-state index in [0.29, 0.717) is 20.9 Å². The first-order chi connectivity index (χ1) is 9.06. The van der Waals surface area contributed by atoms with Gasteiger partial charge in [-0.1, -0.05) is 35.0 Å². The van der Waals surface area contributed by atoms with Crippen LogP contribution in [0.5, 0.6) is 0 Å². The third-order valence-electron chi connectivity index (χ3n) is 2.12. The summed E-state index contributed by atoms with van der Waals surface area (Å²) in [7, 11) is 1.71. The van der Waals surface area contributed by atoms with Crippen molar-refractivity contribution < 1.29 is 4.79 Å². The lowest BCUT2D eigenvalue weighted by Gasteiger charge is -2.05. The number of amides is 1. The number of carbonyl (C=O) groups is 1. The molecule has 6 nitrogen and oxygen atoms in total. The summed E-state index contributed by atoms with van der Waals surface area (Å²) in [6.45, 7) is 0. The minimum absolute atomic E-state index is 0.175. The smallest absolute Gasteiger partial charge is 0.234 e. The number of rotatable bonds is 4. The van der Waals surface area contributed by atoms with E-state index in [0.717, 1.165) is 0 Å². The third kappa shape index (κ3) is 3.82. The van der Waals surface area contributed by atoms with E-state index >= 15 is 0 Å². The number of nitrogens with one attached hydrogen (secondary N) is 1. The lowest BCUT2D eigenvalue weighted by molar-refractivity contribution is -0.113. The lowest BCUT2D eigenvalue weighted by atomic mass is 10.3. The van der Waals surface area contributed by atoms with Gasteiger partial charge in [0.1, 0.15) is 0 Å². The second-order valence-corrected chi connectivity index (χ2v) is 5.31. The van der Waals surface area contributed by atoms with Crippen LogP contribution < -0.4 is 5.32 Å². The Morgan fingerprint density at radius 1 is 1.42 bits per heavy atom. The van der Waals surface area contributed by atoms with E-state index in [9.17, 15) is 4.79 Å². The molecule has 0 saturated carbocycles. The average molecular weight is 318 g/mol. The summed E-state index contributed by atoms with van der Waals surface area (Å²) < 4.78 is 1.50. The van der Waals surface area contributed by atoms with Gasteiger partial charge in [0, 0.05) is 12.7 Å². The molecular formula is C10H9Cl2N5OS. The molecule has 0 spiro atoms. The van der Waals surface area contributed by atoms with Crippen molar-refractivity contribution in [2.24, 2.45) is 7.05 Å². The molecule has 1 amide bonds. The highest BCUT2D eigenvalue weighted by atomic mass is 35.5. The Morgan fingerprint density at radius 3 is 2.84 bits per heavy atom. The number of halogens is 2.